The first-order valence-electron chi connectivity index (χ1n) is 12.1. The van der Waals surface area contributed by atoms with Gasteiger partial charge in [0.05, 0.1) is 11.4 Å². The van der Waals surface area contributed by atoms with E-state index in [9.17, 15) is 14.0 Å². The van der Waals surface area contributed by atoms with Crippen molar-refractivity contribution in [2.75, 3.05) is 23.7 Å². The minimum Gasteiger partial charge on any atom is -0.315 e. The second-order valence-corrected chi connectivity index (χ2v) is 9.29. The number of hydrogen-bond donors (Lipinski definition) is 2. The van der Waals surface area contributed by atoms with Gasteiger partial charge in [0.25, 0.3) is 0 Å². The normalized spacial score (nSPS) is 10.8. The van der Waals surface area contributed by atoms with Gasteiger partial charge in [0.1, 0.15) is 18.2 Å². The van der Waals surface area contributed by atoms with E-state index in [0.717, 1.165) is 16.8 Å². The third-order valence-corrected chi connectivity index (χ3v) is 5.61. The average molecular weight is 500 g/mol. The van der Waals surface area contributed by atoms with Crippen molar-refractivity contribution in [1.82, 2.24) is 14.7 Å². The molecule has 4 aromatic rings. The van der Waals surface area contributed by atoms with Crippen LogP contribution in [-0.4, -0.2) is 39.7 Å². The number of aromatic nitrogens is 2. The van der Waals surface area contributed by atoms with E-state index in [1.54, 1.807) is 10.7 Å². The number of rotatable bonds is 8. The molecular formula is C29H30FN5O2. The van der Waals surface area contributed by atoms with Gasteiger partial charge in [-0.3, -0.25) is 4.79 Å². The summed E-state index contributed by atoms with van der Waals surface area (Å²) in [6, 6.07) is 24.5. The number of halogens is 1. The highest BCUT2D eigenvalue weighted by Crippen LogP contribution is 2.25. The van der Waals surface area contributed by atoms with Crippen LogP contribution in [0.25, 0.3) is 16.9 Å². The zero-order valence-electron chi connectivity index (χ0n) is 21.1. The third kappa shape index (κ3) is 6.82. The lowest BCUT2D eigenvalue weighted by molar-refractivity contribution is -0.116. The van der Waals surface area contributed by atoms with Crippen LogP contribution in [-0.2, 0) is 4.79 Å². The fraction of sp³-hybridized carbons (Fsp3) is 0.207. The molecule has 4 rings (SSSR count). The molecule has 0 aliphatic heterocycles. The van der Waals surface area contributed by atoms with Crippen molar-refractivity contribution in [3.8, 4) is 16.9 Å². The summed E-state index contributed by atoms with van der Waals surface area (Å²) in [5.74, 6) is -0.218. The highest BCUT2D eigenvalue weighted by atomic mass is 19.1. The van der Waals surface area contributed by atoms with Crippen LogP contribution in [0.3, 0.4) is 0 Å². The van der Waals surface area contributed by atoms with E-state index < -0.39 is 11.8 Å². The minimum absolute atomic E-state index is 0.119. The molecule has 0 aliphatic rings. The quantitative estimate of drug-likeness (QED) is 0.307. The van der Waals surface area contributed by atoms with Crippen LogP contribution in [0.1, 0.15) is 19.4 Å². The number of nitrogens with zero attached hydrogens (tertiary/aromatic N) is 3. The lowest BCUT2D eigenvalue weighted by Gasteiger charge is -2.24. The van der Waals surface area contributed by atoms with Gasteiger partial charge in [0.2, 0.25) is 5.91 Å². The maximum absolute atomic E-state index is 13.6. The Morgan fingerprint density at radius 3 is 2.35 bits per heavy atom. The molecule has 0 spiro atoms. The average Bonchev–Trinajstić information content (AvgIpc) is 3.28. The zero-order valence-corrected chi connectivity index (χ0v) is 21.1. The van der Waals surface area contributed by atoms with Gasteiger partial charge in [-0.2, -0.15) is 5.10 Å². The first-order chi connectivity index (χ1) is 17.8. The van der Waals surface area contributed by atoms with Gasteiger partial charge in [-0.1, -0.05) is 67.9 Å². The largest absolute Gasteiger partial charge is 0.322 e. The molecule has 190 valence electrons. The molecule has 0 saturated heterocycles. The molecule has 0 bridgehead atoms. The Labute approximate surface area is 215 Å². The number of amides is 3. The Morgan fingerprint density at radius 1 is 0.946 bits per heavy atom. The topological polar surface area (TPSA) is 79.3 Å². The van der Waals surface area contributed by atoms with E-state index in [4.69, 9.17) is 5.10 Å². The van der Waals surface area contributed by atoms with Crippen molar-refractivity contribution in [1.29, 1.82) is 0 Å². The van der Waals surface area contributed by atoms with Crippen LogP contribution in [0, 0.1) is 18.7 Å². The van der Waals surface area contributed by atoms with Gasteiger partial charge in [0.15, 0.2) is 0 Å². The van der Waals surface area contributed by atoms with Crippen molar-refractivity contribution >= 4 is 23.4 Å². The molecule has 7 nitrogen and oxygen atoms in total. The van der Waals surface area contributed by atoms with Crippen LogP contribution >= 0.6 is 0 Å². The summed E-state index contributed by atoms with van der Waals surface area (Å²) in [4.78, 5) is 27.5. The number of carbonyl (C=O) groups excluding carboxylic acids is 2. The molecule has 37 heavy (non-hydrogen) atoms. The summed E-state index contributed by atoms with van der Waals surface area (Å²) in [6.07, 6.45) is 0. The summed E-state index contributed by atoms with van der Waals surface area (Å²) in [5.41, 5.74) is 3.85. The number of benzene rings is 3. The molecule has 0 atom stereocenters. The Hall–Kier alpha value is -4.46. The van der Waals surface area contributed by atoms with Crippen molar-refractivity contribution in [2.45, 2.75) is 20.8 Å². The summed E-state index contributed by atoms with van der Waals surface area (Å²) in [7, 11) is 0. The van der Waals surface area contributed by atoms with Crippen molar-refractivity contribution in [3.05, 3.63) is 96.3 Å². The molecule has 1 heterocycles. The van der Waals surface area contributed by atoms with Crippen molar-refractivity contribution in [3.63, 3.8) is 0 Å². The van der Waals surface area contributed by atoms with E-state index >= 15 is 0 Å². The first-order valence-corrected chi connectivity index (χ1v) is 12.1. The van der Waals surface area contributed by atoms with Gasteiger partial charge >= 0.3 is 6.03 Å². The van der Waals surface area contributed by atoms with Gasteiger partial charge < -0.3 is 15.5 Å². The molecule has 8 heteroatoms. The molecule has 0 fully saturated rings. The van der Waals surface area contributed by atoms with Gasteiger partial charge in [-0.15, -0.1) is 0 Å². The molecule has 1 aromatic heterocycles. The highest BCUT2D eigenvalue weighted by molar-refractivity contribution is 5.97. The lowest BCUT2D eigenvalue weighted by Crippen LogP contribution is -2.42. The predicted octanol–water partition coefficient (Wildman–Crippen LogP) is 6.12. The summed E-state index contributed by atoms with van der Waals surface area (Å²) in [6.45, 7) is 6.08. The molecule has 0 radical (unpaired) electrons. The molecule has 3 aromatic carbocycles. The molecule has 0 aliphatic carbocycles. The van der Waals surface area contributed by atoms with Gasteiger partial charge in [0, 0.05) is 23.9 Å². The van der Waals surface area contributed by atoms with E-state index in [1.165, 1.54) is 23.1 Å². The number of urea groups is 1. The van der Waals surface area contributed by atoms with Crippen LogP contribution < -0.4 is 10.6 Å². The molecular weight excluding hydrogens is 469 g/mol. The predicted molar refractivity (Wildman–Crippen MR) is 144 cm³/mol. The second-order valence-electron chi connectivity index (χ2n) is 9.29. The molecule has 0 saturated carbocycles. The Morgan fingerprint density at radius 2 is 1.68 bits per heavy atom. The zero-order chi connectivity index (χ0) is 26.4. The summed E-state index contributed by atoms with van der Waals surface area (Å²) in [5, 5.41) is 10.3. The highest BCUT2D eigenvalue weighted by Gasteiger charge is 2.21. The van der Waals surface area contributed by atoms with E-state index in [0.29, 0.717) is 23.7 Å². The lowest BCUT2D eigenvalue weighted by atomic mass is 10.1. The van der Waals surface area contributed by atoms with Crippen LogP contribution in [0.5, 0.6) is 0 Å². The molecule has 0 unspecified atom stereocenters. The first kappa shape index (κ1) is 25.6. The Kier molecular flexibility index (Phi) is 7.98. The smallest absolute Gasteiger partial charge is 0.315 e. The van der Waals surface area contributed by atoms with E-state index in [-0.39, 0.29) is 18.4 Å². The monoisotopic (exact) mass is 499 g/mol. The van der Waals surface area contributed by atoms with Crippen LogP contribution in [0.15, 0.2) is 84.9 Å². The number of hydrogen-bond acceptors (Lipinski definition) is 3. The fourth-order valence-corrected chi connectivity index (χ4v) is 3.89. The van der Waals surface area contributed by atoms with Crippen LogP contribution in [0.4, 0.5) is 20.7 Å². The maximum atomic E-state index is 13.6. The minimum atomic E-state index is -0.480. The fourth-order valence-electron chi connectivity index (χ4n) is 3.89. The van der Waals surface area contributed by atoms with Gasteiger partial charge in [-0.25, -0.2) is 13.9 Å². The van der Waals surface area contributed by atoms with Gasteiger partial charge in [-0.05, 0) is 43.2 Å². The molecule has 3 amide bonds. The third-order valence-electron chi connectivity index (χ3n) is 5.61. The summed E-state index contributed by atoms with van der Waals surface area (Å²) < 4.78 is 15.2. The number of anilines is 2. The number of nitrogens with one attached hydrogen (secondary N) is 2. The van der Waals surface area contributed by atoms with Crippen molar-refractivity contribution in [2.24, 2.45) is 5.92 Å². The van der Waals surface area contributed by atoms with Crippen molar-refractivity contribution < 1.29 is 14.0 Å². The molecule has 2 N–H and O–H groups in total. The van der Waals surface area contributed by atoms with E-state index in [1.807, 2.05) is 81.4 Å². The van der Waals surface area contributed by atoms with E-state index in [2.05, 4.69) is 10.6 Å². The number of aryl methyl sites for hydroxylation is 1. The second kappa shape index (κ2) is 11.5. The Balaban J connectivity index is 1.56. The maximum Gasteiger partial charge on any atom is 0.322 e. The Bertz CT molecular complexity index is 1370. The number of carbonyl (C=O) groups is 2. The standard InChI is InChI=1S/C29H30FN5O2/c1-20(2)18-34(29(37)31-24-11-7-10-23(30)16-24)19-28(36)32-27-17-26(22-8-5-4-6-9-22)33-35(27)25-14-12-21(3)13-15-25/h4-17,20H,18-19H2,1-3H3,(H,31,37)(H,32,36). The SMILES string of the molecule is Cc1ccc(-n2nc(-c3ccccc3)cc2NC(=O)CN(CC(C)C)C(=O)Nc2cccc(F)c2)cc1. The van der Waals surface area contributed by atoms with Crippen LogP contribution in [0.2, 0.25) is 0 Å². The summed E-state index contributed by atoms with van der Waals surface area (Å²) >= 11 is 0.